The summed E-state index contributed by atoms with van der Waals surface area (Å²) in [6.45, 7) is 13.7. The summed E-state index contributed by atoms with van der Waals surface area (Å²) in [6, 6.07) is 3.82. The maximum absolute atomic E-state index is 13.6. The minimum Gasteiger partial charge on any atom is -0.490 e. The van der Waals surface area contributed by atoms with E-state index < -0.39 is 5.92 Å². The van der Waals surface area contributed by atoms with Gasteiger partial charge in [-0.2, -0.15) is 0 Å². The second-order valence-corrected chi connectivity index (χ2v) is 13.5. The topological polar surface area (TPSA) is 64.6 Å². The summed E-state index contributed by atoms with van der Waals surface area (Å²) in [7, 11) is 0. The number of rotatable bonds is 11. The molecule has 0 spiro atoms. The number of carbonyl (C=O) groups is 2. The van der Waals surface area contributed by atoms with Gasteiger partial charge in [-0.05, 0) is 54.7 Å². The highest BCUT2D eigenvalue weighted by molar-refractivity contribution is 6.32. The summed E-state index contributed by atoms with van der Waals surface area (Å²) >= 11 is 6.86. The molecule has 1 aromatic carbocycles. The first kappa shape index (κ1) is 29.7. The molecular formula is C33H46ClNO4. The number of carbonyl (C=O) groups excluding carboxylic acids is 2. The fourth-order valence-electron chi connectivity index (χ4n) is 6.44. The van der Waals surface area contributed by atoms with Crippen molar-refractivity contribution in [3.8, 4) is 11.5 Å². The van der Waals surface area contributed by atoms with Crippen molar-refractivity contribution in [2.45, 2.75) is 112 Å². The number of dihydropyridines is 1. The third kappa shape index (κ3) is 6.73. The molecule has 0 amide bonds. The highest BCUT2D eigenvalue weighted by Crippen LogP contribution is 2.52. The van der Waals surface area contributed by atoms with E-state index in [0.717, 1.165) is 42.6 Å². The maximum atomic E-state index is 13.6. The number of ether oxygens (including phenoxy) is 2. The summed E-state index contributed by atoms with van der Waals surface area (Å²) in [4.78, 5) is 27.3. The lowest BCUT2D eigenvalue weighted by atomic mass is 9.64. The highest BCUT2D eigenvalue weighted by atomic mass is 35.5. The fourth-order valence-corrected chi connectivity index (χ4v) is 6.71. The first-order valence-corrected chi connectivity index (χ1v) is 15.2. The van der Waals surface area contributed by atoms with Crippen LogP contribution < -0.4 is 14.8 Å². The number of halogens is 1. The van der Waals surface area contributed by atoms with Gasteiger partial charge in [0.05, 0.1) is 18.2 Å². The average Bonchev–Trinajstić information content (AvgIpc) is 2.82. The zero-order valence-corrected chi connectivity index (χ0v) is 25.5. The lowest BCUT2D eigenvalue weighted by Crippen LogP contribution is -2.42. The Bertz CT molecular complexity index is 1120. The molecule has 0 atom stereocenters. The molecule has 3 aliphatic rings. The highest BCUT2D eigenvalue weighted by Gasteiger charge is 2.46. The maximum Gasteiger partial charge on any atom is 0.179 e. The predicted molar refractivity (Wildman–Crippen MR) is 157 cm³/mol. The molecule has 0 saturated heterocycles. The van der Waals surface area contributed by atoms with Gasteiger partial charge in [0, 0.05) is 41.3 Å². The Morgan fingerprint density at radius 3 is 1.95 bits per heavy atom. The summed E-state index contributed by atoms with van der Waals surface area (Å²) in [6.07, 6.45) is 9.50. The Morgan fingerprint density at radius 2 is 1.38 bits per heavy atom. The monoisotopic (exact) mass is 555 g/mol. The summed E-state index contributed by atoms with van der Waals surface area (Å²) in [5, 5.41) is 4.03. The van der Waals surface area contributed by atoms with E-state index in [9.17, 15) is 9.59 Å². The van der Waals surface area contributed by atoms with Crippen molar-refractivity contribution in [2.24, 2.45) is 10.8 Å². The van der Waals surface area contributed by atoms with Crippen LogP contribution in [0.4, 0.5) is 0 Å². The van der Waals surface area contributed by atoms with Gasteiger partial charge in [-0.1, -0.05) is 78.3 Å². The molecule has 214 valence electrons. The predicted octanol–water partition coefficient (Wildman–Crippen LogP) is 8.45. The number of hydrogen-bond donors (Lipinski definition) is 1. The van der Waals surface area contributed by atoms with E-state index in [2.05, 4.69) is 39.9 Å². The van der Waals surface area contributed by atoms with Crippen LogP contribution in [0.3, 0.4) is 0 Å². The van der Waals surface area contributed by atoms with Gasteiger partial charge in [0.1, 0.15) is 0 Å². The number of Topliss-reactive ketones (excluding diaryl/α,β-unsaturated/α-hetero) is 2. The van der Waals surface area contributed by atoms with Crippen molar-refractivity contribution in [1.29, 1.82) is 0 Å². The van der Waals surface area contributed by atoms with Gasteiger partial charge in [0.25, 0.3) is 0 Å². The molecule has 0 radical (unpaired) electrons. The zero-order valence-electron chi connectivity index (χ0n) is 24.7. The quantitative estimate of drug-likeness (QED) is 0.277. The molecule has 39 heavy (non-hydrogen) atoms. The molecule has 6 heteroatoms. The van der Waals surface area contributed by atoms with Gasteiger partial charge in [0.2, 0.25) is 0 Å². The van der Waals surface area contributed by atoms with E-state index in [1.807, 2.05) is 19.1 Å². The normalized spacial score (nSPS) is 20.5. The first-order valence-electron chi connectivity index (χ1n) is 14.8. The Hall–Kier alpha value is -2.27. The molecule has 1 heterocycles. The molecule has 2 aliphatic carbocycles. The number of allylic oxidation sites excluding steroid dienone is 4. The van der Waals surface area contributed by atoms with Crippen LogP contribution in [0.1, 0.15) is 117 Å². The first-order chi connectivity index (χ1) is 18.5. The van der Waals surface area contributed by atoms with Crippen LogP contribution in [-0.4, -0.2) is 24.8 Å². The van der Waals surface area contributed by atoms with Crippen molar-refractivity contribution < 1.29 is 19.1 Å². The van der Waals surface area contributed by atoms with Crippen molar-refractivity contribution in [2.75, 3.05) is 13.2 Å². The largest absolute Gasteiger partial charge is 0.490 e. The lowest BCUT2D eigenvalue weighted by molar-refractivity contribution is -0.119. The zero-order chi connectivity index (χ0) is 28.4. The molecule has 0 bridgehead atoms. The average molecular weight is 556 g/mol. The van der Waals surface area contributed by atoms with Gasteiger partial charge in [0.15, 0.2) is 23.1 Å². The molecule has 5 nitrogen and oxygen atoms in total. The molecule has 1 aliphatic heterocycles. The fraction of sp³-hybridized carbons (Fsp3) is 0.636. The Labute approximate surface area is 239 Å². The van der Waals surface area contributed by atoms with Gasteiger partial charge in [-0.3, -0.25) is 9.59 Å². The Morgan fingerprint density at radius 1 is 0.821 bits per heavy atom. The number of hydrogen-bond acceptors (Lipinski definition) is 5. The van der Waals surface area contributed by atoms with Gasteiger partial charge >= 0.3 is 0 Å². The van der Waals surface area contributed by atoms with Gasteiger partial charge < -0.3 is 14.8 Å². The van der Waals surface area contributed by atoms with Crippen LogP contribution in [0.25, 0.3) is 0 Å². The Kier molecular flexibility index (Phi) is 9.20. The van der Waals surface area contributed by atoms with E-state index in [0.29, 0.717) is 53.7 Å². The minimum absolute atomic E-state index is 0.0976. The van der Waals surface area contributed by atoms with Crippen LogP contribution in [0, 0.1) is 10.8 Å². The second kappa shape index (κ2) is 12.1. The van der Waals surface area contributed by atoms with Gasteiger partial charge in [-0.25, -0.2) is 0 Å². The van der Waals surface area contributed by atoms with Crippen LogP contribution >= 0.6 is 11.6 Å². The lowest BCUT2D eigenvalue weighted by Gasteiger charge is -2.44. The van der Waals surface area contributed by atoms with E-state index >= 15 is 0 Å². The summed E-state index contributed by atoms with van der Waals surface area (Å²) in [5.74, 6) is 0.856. The Balaban J connectivity index is 1.71. The smallest absolute Gasteiger partial charge is 0.179 e. The third-order valence-corrected chi connectivity index (χ3v) is 8.41. The van der Waals surface area contributed by atoms with Crippen molar-refractivity contribution in [3.63, 3.8) is 0 Å². The van der Waals surface area contributed by atoms with E-state index in [4.69, 9.17) is 21.1 Å². The standard InChI is InChI=1S/C33H46ClNO4/c1-7-9-10-11-12-13-14-39-31-22(34)15-21(16-27(31)38-8-2)28-29-23(17-32(3,4)19-25(29)36)35-24-18-33(5,6)20-26(37)30(24)28/h15-16,28,35H,7-14,17-20H2,1-6H3. The summed E-state index contributed by atoms with van der Waals surface area (Å²) in [5.41, 5.74) is 3.86. The molecule has 4 rings (SSSR count). The van der Waals surface area contributed by atoms with Crippen molar-refractivity contribution in [3.05, 3.63) is 45.3 Å². The second-order valence-electron chi connectivity index (χ2n) is 13.1. The SMILES string of the molecule is CCCCCCCCOc1c(Cl)cc(C2C3=C(CC(C)(C)CC3=O)NC3=C2C(=O)CC(C)(C)C3)cc1OCC. The van der Waals surface area contributed by atoms with E-state index in [1.54, 1.807) is 0 Å². The number of unbranched alkanes of at least 4 members (excludes halogenated alkanes) is 5. The van der Waals surface area contributed by atoms with Gasteiger partial charge in [-0.15, -0.1) is 0 Å². The number of benzene rings is 1. The molecule has 1 N–H and O–H groups in total. The van der Waals surface area contributed by atoms with Crippen LogP contribution in [0.15, 0.2) is 34.7 Å². The molecule has 0 aromatic heterocycles. The van der Waals surface area contributed by atoms with E-state index in [1.165, 1.54) is 25.7 Å². The molecule has 0 saturated carbocycles. The third-order valence-electron chi connectivity index (χ3n) is 8.13. The molecule has 0 fully saturated rings. The molecule has 0 unspecified atom stereocenters. The van der Waals surface area contributed by atoms with Crippen LogP contribution in [0.2, 0.25) is 5.02 Å². The number of nitrogens with one attached hydrogen (secondary N) is 1. The van der Waals surface area contributed by atoms with Crippen molar-refractivity contribution >= 4 is 23.2 Å². The van der Waals surface area contributed by atoms with Crippen LogP contribution in [-0.2, 0) is 9.59 Å². The molecular weight excluding hydrogens is 510 g/mol. The summed E-state index contributed by atoms with van der Waals surface area (Å²) < 4.78 is 12.2. The van der Waals surface area contributed by atoms with Crippen molar-refractivity contribution in [1.82, 2.24) is 5.32 Å². The number of ketones is 2. The van der Waals surface area contributed by atoms with E-state index in [-0.39, 0.29) is 22.4 Å². The minimum atomic E-state index is -0.451. The van der Waals surface area contributed by atoms with Crippen LogP contribution in [0.5, 0.6) is 11.5 Å². The molecule has 1 aromatic rings.